The van der Waals surface area contributed by atoms with Crippen LogP contribution in [0.25, 0.3) is 22.2 Å². The van der Waals surface area contributed by atoms with E-state index in [-0.39, 0.29) is 5.82 Å². The van der Waals surface area contributed by atoms with E-state index in [9.17, 15) is 4.39 Å². The Morgan fingerprint density at radius 1 is 0.944 bits per heavy atom. The van der Waals surface area contributed by atoms with Crippen molar-refractivity contribution in [3.63, 3.8) is 0 Å². The van der Waals surface area contributed by atoms with Crippen LogP contribution < -0.4 is 0 Å². The van der Waals surface area contributed by atoms with E-state index in [2.05, 4.69) is 20.9 Å². The standard InChI is InChI=1S/C15H9BrFN/c16-12-7-11(8-13(17)9-12)15-6-5-10-3-1-2-4-14(10)18-15/h1-9H. The van der Waals surface area contributed by atoms with Crippen LogP contribution >= 0.6 is 15.9 Å². The lowest BCUT2D eigenvalue weighted by molar-refractivity contribution is 0.627. The molecule has 3 aromatic rings. The van der Waals surface area contributed by atoms with Gasteiger partial charge in [-0.15, -0.1) is 0 Å². The van der Waals surface area contributed by atoms with E-state index < -0.39 is 0 Å². The molecule has 0 saturated carbocycles. The molecular weight excluding hydrogens is 293 g/mol. The summed E-state index contributed by atoms with van der Waals surface area (Å²) in [6.07, 6.45) is 0. The van der Waals surface area contributed by atoms with E-state index in [1.54, 1.807) is 0 Å². The molecule has 0 atom stereocenters. The summed E-state index contributed by atoms with van der Waals surface area (Å²) in [5.74, 6) is -0.269. The Hall–Kier alpha value is -1.74. The van der Waals surface area contributed by atoms with Gasteiger partial charge in [0.2, 0.25) is 0 Å². The van der Waals surface area contributed by atoms with Crippen LogP contribution in [0, 0.1) is 5.82 Å². The Labute approximate surface area is 112 Å². The normalized spacial score (nSPS) is 10.8. The van der Waals surface area contributed by atoms with Crippen LogP contribution in [-0.4, -0.2) is 4.98 Å². The molecular formula is C15H9BrFN. The monoisotopic (exact) mass is 301 g/mol. The molecule has 18 heavy (non-hydrogen) atoms. The number of para-hydroxylation sites is 1. The van der Waals surface area contributed by atoms with Gasteiger partial charge in [0.05, 0.1) is 11.2 Å². The van der Waals surface area contributed by atoms with E-state index in [1.165, 1.54) is 12.1 Å². The molecule has 0 N–H and O–H groups in total. The summed E-state index contributed by atoms with van der Waals surface area (Å²) >= 11 is 3.29. The van der Waals surface area contributed by atoms with Crippen molar-refractivity contribution >= 4 is 26.8 Å². The van der Waals surface area contributed by atoms with Crippen molar-refractivity contribution in [2.45, 2.75) is 0 Å². The highest BCUT2D eigenvalue weighted by atomic mass is 79.9. The lowest BCUT2D eigenvalue weighted by Gasteiger charge is -2.04. The summed E-state index contributed by atoms with van der Waals surface area (Å²) in [6.45, 7) is 0. The van der Waals surface area contributed by atoms with Gasteiger partial charge >= 0.3 is 0 Å². The second-order valence-corrected chi connectivity index (χ2v) is 4.96. The predicted octanol–water partition coefficient (Wildman–Crippen LogP) is 4.80. The smallest absolute Gasteiger partial charge is 0.125 e. The van der Waals surface area contributed by atoms with E-state index >= 15 is 0 Å². The van der Waals surface area contributed by atoms with Gasteiger partial charge in [-0.3, -0.25) is 0 Å². The van der Waals surface area contributed by atoms with Gasteiger partial charge in [0.15, 0.2) is 0 Å². The number of benzene rings is 2. The van der Waals surface area contributed by atoms with E-state index in [0.29, 0.717) is 4.47 Å². The first kappa shape index (κ1) is 11.4. The molecule has 0 amide bonds. The summed E-state index contributed by atoms with van der Waals surface area (Å²) < 4.78 is 14.1. The second-order valence-electron chi connectivity index (χ2n) is 4.05. The molecule has 2 aromatic carbocycles. The first-order chi connectivity index (χ1) is 8.72. The van der Waals surface area contributed by atoms with Gasteiger partial charge in [-0.1, -0.05) is 40.2 Å². The number of rotatable bonds is 1. The molecule has 0 unspecified atom stereocenters. The number of pyridine rings is 1. The molecule has 1 heterocycles. The van der Waals surface area contributed by atoms with Crippen molar-refractivity contribution in [2.75, 3.05) is 0 Å². The number of halogens is 2. The number of nitrogens with zero attached hydrogens (tertiary/aromatic N) is 1. The summed E-state index contributed by atoms with van der Waals surface area (Å²) in [7, 11) is 0. The van der Waals surface area contributed by atoms with E-state index in [1.807, 2.05) is 42.5 Å². The molecule has 0 fully saturated rings. The average molecular weight is 302 g/mol. The Kier molecular flexibility index (Phi) is 2.84. The third kappa shape index (κ3) is 2.14. The number of hydrogen-bond donors (Lipinski definition) is 0. The molecule has 1 aromatic heterocycles. The largest absolute Gasteiger partial charge is 0.248 e. The van der Waals surface area contributed by atoms with Crippen LogP contribution in [0.5, 0.6) is 0 Å². The topological polar surface area (TPSA) is 12.9 Å². The van der Waals surface area contributed by atoms with Crippen molar-refractivity contribution in [3.8, 4) is 11.3 Å². The predicted molar refractivity (Wildman–Crippen MR) is 74.8 cm³/mol. The van der Waals surface area contributed by atoms with Crippen LogP contribution in [0.4, 0.5) is 4.39 Å². The van der Waals surface area contributed by atoms with Crippen LogP contribution in [-0.2, 0) is 0 Å². The molecule has 0 aliphatic rings. The number of fused-ring (bicyclic) bond motifs is 1. The molecule has 3 heteroatoms. The average Bonchev–Trinajstić information content (AvgIpc) is 2.37. The Bertz CT molecular complexity index is 704. The van der Waals surface area contributed by atoms with Gasteiger partial charge in [-0.05, 0) is 30.3 Å². The van der Waals surface area contributed by atoms with Gasteiger partial charge < -0.3 is 0 Å². The maximum atomic E-state index is 13.4. The highest BCUT2D eigenvalue weighted by Crippen LogP contribution is 2.25. The Balaban J connectivity index is 2.19. The van der Waals surface area contributed by atoms with E-state index in [0.717, 1.165) is 22.2 Å². The Morgan fingerprint density at radius 3 is 2.61 bits per heavy atom. The van der Waals surface area contributed by atoms with Crippen LogP contribution in [0.15, 0.2) is 59.1 Å². The van der Waals surface area contributed by atoms with Gasteiger partial charge in [0, 0.05) is 15.4 Å². The summed E-state index contributed by atoms with van der Waals surface area (Å²) in [5.41, 5.74) is 2.46. The van der Waals surface area contributed by atoms with Crippen molar-refractivity contribution in [3.05, 3.63) is 64.9 Å². The van der Waals surface area contributed by atoms with Crippen LogP contribution in [0.2, 0.25) is 0 Å². The van der Waals surface area contributed by atoms with Crippen molar-refractivity contribution in [1.82, 2.24) is 4.98 Å². The lowest BCUT2D eigenvalue weighted by atomic mass is 10.1. The van der Waals surface area contributed by atoms with Crippen molar-refractivity contribution < 1.29 is 4.39 Å². The van der Waals surface area contributed by atoms with Crippen LogP contribution in [0.3, 0.4) is 0 Å². The minimum atomic E-state index is -0.269. The molecule has 0 radical (unpaired) electrons. The molecule has 0 aliphatic heterocycles. The summed E-state index contributed by atoms with van der Waals surface area (Å²) in [4.78, 5) is 4.54. The zero-order valence-electron chi connectivity index (χ0n) is 9.40. The van der Waals surface area contributed by atoms with Gasteiger partial charge in [-0.25, -0.2) is 9.37 Å². The number of hydrogen-bond acceptors (Lipinski definition) is 1. The fourth-order valence-electron chi connectivity index (χ4n) is 1.93. The molecule has 3 rings (SSSR count). The maximum absolute atomic E-state index is 13.4. The van der Waals surface area contributed by atoms with Crippen molar-refractivity contribution in [1.29, 1.82) is 0 Å². The number of aromatic nitrogens is 1. The lowest BCUT2D eigenvalue weighted by Crippen LogP contribution is -1.86. The minimum Gasteiger partial charge on any atom is -0.248 e. The molecule has 0 saturated heterocycles. The van der Waals surface area contributed by atoms with Gasteiger partial charge in [-0.2, -0.15) is 0 Å². The third-order valence-electron chi connectivity index (χ3n) is 2.76. The van der Waals surface area contributed by atoms with E-state index in [4.69, 9.17) is 0 Å². The van der Waals surface area contributed by atoms with Crippen molar-refractivity contribution in [2.24, 2.45) is 0 Å². The van der Waals surface area contributed by atoms with Gasteiger partial charge in [0.25, 0.3) is 0 Å². The fraction of sp³-hybridized carbons (Fsp3) is 0. The first-order valence-corrected chi connectivity index (χ1v) is 6.34. The molecule has 0 bridgehead atoms. The fourth-order valence-corrected chi connectivity index (χ4v) is 2.39. The zero-order valence-corrected chi connectivity index (χ0v) is 11.0. The molecule has 0 aliphatic carbocycles. The van der Waals surface area contributed by atoms with Gasteiger partial charge in [0.1, 0.15) is 5.82 Å². The highest BCUT2D eigenvalue weighted by Gasteiger charge is 2.04. The first-order valence-electron chi connectivity index (χ1n) is 5.55. The third-order valence-corrected chi connectivity index (χ3v) is 3.21. The minimum absolute atomic E-state index is 0.269. The molecule has 1 nitrogen and oxygen atoms in total. The SMILES string of the molecule is Fc1cc(Br)cc(-c2ccc3ccccc3n2)c1. The zero-order chi connectivity index (χ0) is 12.5. The summed E-state index contributed by atoms with van der Waals surface area (Å²) in [6, 6.07) is 16.6. The summed E-state index contributed by atoms with van der Waals surface area (Å²) in [5, 5.41) is 1.08. The molecule has 88 valence electrons. The second kappa shape index (κ2) is 4.50. The maximum Gasteiger partial charge on any atom is 0.125 e. The van der Waals surface area contributed by atoms with Crippen LogP contribution in [0.1, 0.15) is 0 Å². The quantitative estimate of drug-likeness (QED) is 0.629. The Morgan fingerprint density at radius 2 is 1.78 bits per heavy atom. The highest BCUT2D eigenvalue weighted by molar-refractivity contribution is 9.10. The molecule has 0 spiro atoms.